The lowest BCUT2D eigenvalue weighted by Crippen LogP contribution is -2.41. The first-order chi connectivity index (χ1) is 13.0. The molecule has 2 amide bonds. The molecule has 0 spiro atoms. The lowest BCUT2D eigenvalue weighted by atomic mass is 9.81. The Bertz CT molecular complexity index is 709. The van der Waals surface area contributed by atoms with Crippen LogP contribution in [0.5, 0.6) is 11.5 Å². The number of aliphatic hydroxyl groups is 1. The molecule has 1 aliphatic heterocycles. The molecule has 3 rings (SSSR count). The minimum atomic E-state index is -0.788. The number of methoxy groups -OCH3 is 1. The van der Waals surface area contributed by atoms with Crippen molar-refractivity contribution in [2.75, 3.05) is 33.4 Å². The summed E-state index contributed by atoms with van der Waals surface area (Å²) >= 11 is 0. The number of carbonyl (C=O) groups is 2. The van der Waals surface area contributed by atoms with Crippen molar-refractivity contribution in [2.24, 2.45) is 11.3 Å². The third kappa shape index (κ3) is 3.80. The fraction of sp³-hybridized carbons (Fsp3) is 0.579. The number of carboxylic acid groups (broad SMARTS) is 1. The molecule has 1 aliphatic carbocycles. The van der Waals surface area contributed by atoms with Crippen molar-refractivity contribution in [1.29, 1.82) is 0 Å². The van der Waals surface area contributed by atoms with Crippen molar-refractivity contribution in [1.82, 2.24) is 10.2 Å². The number of rotatable bonds is 7. The fourth-order valence-electron chi connectivity index (χ4n) is 4.18. The average Bonchev–Trinajstić information content (AvgIpc) is 3.23. The van der Waals surface area contributed by atoms with Crippen LogP contribution in [0.2, 0.25) is 0 Å². The number of aliphatic hydroxyl groups excluding tert-OH is 1. The van der Waals surface area contributed by atoms with Crippen LogP contribution in [0.4, 0.5) is 4.79 Å². The van der Waals surface area contributed by atoms with Gasteiger partial charge in [-0.2, -0.15) is 0 Å². The molecule has 1 saturated heterocycles. The van der Waals surface area contributed by atoms with Crippen LogP contribution in [0.15, 0.2) is 18.2 Å². The Morgan fingerprint density at radius 2 is 2.19 bits per heavy atom. The molecule has 1 heterocycles. The first-order valence-corrected chi connectivity index (χ1v) is 9.17. The molecule has 0 radical (unpaired) electrons. The molecular weight excluding hydrogens is 352 g/mol. The maximum atomic E-state index is 12.5. The number of hydrogen-bond acceptors (Lipinski definition) is 5. The first-order valence-electron chi connectivity index (χ1n) is 9.17. The van der Waals surface area contributed by atoms with Crippen molar-refractivity contribution in [3.63, 3.8) is 0 Å². The molecule has 0 aromatic heterocycles. The number of hydrogen-bond donors (Lipinski definition) is 3. The van der Waals surface area contributed by atoms with E-state index < -0.39 is 11.4 Å². The minimum Gasteiger partial charge on any atom is -0.493 e. The van der Waals surface area contributed by atoms with Crippen LogP contribution in [-0.4, -0.2) is 60.5 Å². The van der Waals surface area contributed by atoms with Crippen molar-refractivity contribution >= 4 is 12.0 Å². The normalized spacial score (nSPS) is 23.8. The van der Waals surface area contributed by atoms with E-state index in [1.165, 1.54) is 7.11 Å². The molecule has 0 unspecified atom stereocenters. The van der Waals surface area contributed by atoms with Gasteiger partial charge in [-0.25, -0.2) is 4.79 Å². The Morgan fingerprint density at radius 1 is 1.37 bits per heavy atom. The third-order valence-electron chi connectivity index (χ3n) is 5.60. The van der Waals surface area contributed by atoms with Gasteiger partial charge in [-0.1, -0.05) is 12.5 Å². The monoisotopic (exact) mass is 378 g/mol. The van der Waals surface area contributed by atoms with E-state index in [4.69, 9.17) is 14.6 Å². The highest BCUT2D eigenvalue weighted by molar-refractivity contribution is 5.80. The van der Waals surface area contributed by atoms with Gasteiger partial charge in [0, 0.05) is 19.6 Å². The lowest BCUT2D eigenvalue weighted by Gasteiger charge is -2.23. The molecule has 148 valence electrons. The van der Waals surface area contributed by atoms with E-state index in [1.54, 1.807) is 17.0 Å². The van der Waals surface area contributed by atoms with Gasteiger partial charge in [0.25, 0.3) is 0 Å². The van der Waals surface area contributed by atoms with E-state index in [-0.39, 0.29) is 31.7 Å². The van der Waals surface area contributed by atoms with Gasteiger partial charge in [0.15, 0.2) is 11.5 Å². The van der Waals surface area contributed by atoms with Gasteiger partial charge < -0.3 is 29.9 Å². The summed E-state index contributed by atoms with van der Waals surface area (Å²) in [5.74, 6) is 0.306. The number of carboxylic acids is 1. The number of fused-ring (bicyclic) bond motifs is 1. The Kier molecular flexibility index (Phi) is 5.74. The Hall–Kier alpha value is -2.48. The predicted molar refractivity (Wildman–Crippen MR) is 96.8 cm³/mol. The number of nitrogens with zero attached hydrogens (tertiary/aromatic N) is 1. The van der Waals surface area contributed by atoms with Gasteiger partial charge in [-0.15, -0.1) is 0 Å². The summed E-state index contributed by atoms with van der Waals surface area (Å²) in [5.41, 5.74) is 0.0654. The van der Waals surface area contributed by atoms with E-state index in [1.807, 2.05) is 6.07 Å². The molecule has 0 bridgehead atoms. The molecule has 2 atom stereocenters. The summed E-state index contributed by atoms with van der Waals surface area (Å²) in [5, 5.41) is 21.3. The fourth-order valence-corrected chi connectivity index (χ4v) is 4.18. The zero-order chi connectivity index (χ0) is 19.4. The van der Waals surface area contributed by atoms with Crippen LogP contribution >= 0.6 is 0 Å². The van der Waals surface area contributed by atoms with Gasteiger partial charge in [0.1, 0.15) is 6.61 Å². The molecule has 3 N–H and O–H groups in total. The van der Waals surface area contributed by atoms with E-state index in [0.29, 0.717) is 31.0 Å². The van der Waals surface area contributed by atoms with E-state index in [2.05, 4.69) is 5.32 Å². The molecule has 8 heteroatoms. The average molecular weight is 378 g/mol. The van der Waals surface area contributed by atoms with Crippen LogP contribution in [0.25, 0.3) is 0 Å². The number of amides is 2. The van der Waals surface area contributed by atoms with Crippen molar-refractivity contribution < 1.29 is 29.3 Å². The number of aliphatic carboxylic acids is 1. The zero-order valence-corrected chi connectivity index (χ0v) is 15.4. The first kappa shape index (κ1) is 19.3. The van der Waals surface area contributed by atoms with Gasteiger partial charge in [0.05, 0.1) is 19.1 Å². The third-order valence-corrected chi connectivity index (χ3v) is 5.60. The van der Waals surface area contributed by atoms with Crippen LogP contribution < -0.4 is 14.8 Å². The number of likely N-dealkylation sites (tertiary alicyclic amines) is 1. The van der Waals surface area contributed by atoms with Gasteiger partial charge in [-0.05, 0) is 36.5 Å². The van der Waals surface area contributed by atoms with Crippen LogP contribution in [0.1, 0.15) is 24.8 Å². The summed E-state index contributed by atoms with van der Waals surface area (Å²) in [6.45, 7) is 1.16. The molecule has 1 aromatic rings. The van der Waals surface area contributed by atoms with Gasteiger partial charge in [0.2, 0.25) is 0 Å². The second-order valence-electron chi connectivity index (χ2n) is 7.15. The molecule has 8 nitrogen and oxygen atoms in total. The molecule has 27 heavy (non-hydrogen) atoms. The summed E-state index contributed by atoms with van der Waals surface area (Å²) in [6, 6.07) is 5.07. The molecule has 1 aromatic carbocycles. The Balaban J connectivity index is 1.59. The molecule has 1 saturated carbocycles. The van der Waals surface area contributed by atoms with Crippen molar-refractivity contribution in [3.8, 4) is 11.5 Å². The number of benzene rings is 1. The highest BCUT2D eigenvalue weighted by Crippen LogP contribution is 2.48. The molecule has 2 fully saturated rings. The number of nitrogens with one attached hydrogen (secondary N) is 1. The molecular formula is C19H26N2O6. The summed E-state index contributed by atoms with van der Waals surface area (Å²) in [7, 11) is 1.53. The second kappa shape index (κ2) is 8.04. The largest absolute Gasteiger partial charge is 0.493 e. The Labute approximate surface area is 158 Å². The summed E-state index contributed by atoms with van der Waals surface area (Å²) in [6.07, 6.45) is 2.42. The van der Waals surface area contributed by atoms with E-state index in [0.717, 1.165) is 18.4 Å². The highest BCUT2D eigenvalue weighted by atomic mass is 16.5. The van der Waals surface area contributed by atoms with Crippen LogP contribution in [0, 0.1) is 11.3 Å². The maximum absolute atomic E-state index is 12.5. The smallest absolute Gasteiger partial charge is 0.317 e. The van der Waals surface area contributed by atoms with Gasteiger partial charge in [-0.3, -0.25) is 4.79 Å². The lowest BCUT2D eigenvalue weighted by molar-refractivity contribution is -0.149. The van der Waals surface area contributed by atoms with E-state index in [9.17, 15) is 14.7 Å². The minimum absolute atomic E-state index is 0.0452. The standard InChI is InChI=1S/C19H26N2O6/c1-26-16-9-13(4-5-15(16)27-8-7-22)10-20-18(25)21-11-14-3-2-6-19(14,12-21)17(23)24/h4-5,9,14,22H,2-3,6-8,10-12H2,1H3,(H,20,25)(H,23,24)/t14-,19+/m0/s1. The Morgan fingerprint density at radius 3 is 2.85 bits per heavy atom. The predicted octanol–water partition coefficient (Wildman–Crippen LogP) is 1.46. The van der Waals surface area contributed by atoms with Crippen LogP contribution in [-0.2, 0) is 11.3 Å². The zero-order valence-electron chi connectivity index (χ0n) is 15.4. The van der Waals surface area contributed by atoms with Crippen molar-refractivity contribution in [2.45, 2.75) is 25.8 Å². The topological polar surface area (TPSA) is 108 Å². The quantitative estimate of drug-likeness (QED) is 0.663. The number of ether oxygens (including phenoxy) is 2. The maximum Gasteiger partial charge on any atom is 0.317 e. The van der Waals surface area contributed by atoms with Gasteiger partial charge >= 0.3 is 12.0 Å². The van der Waals surface area contributed by atoms with E-state index >= 15 is 0 Å². The second-order valence-corrected chi connectivity index (χ2v) is 7.15. The summed E-state index contributed by atoms with van der Waals surface area (Å²) < 4.78 is 10.7. The molecule has 2 aliphatic rings. The number of carbonyl (C=O) groups excluding carboxylic acids is 1. The van der Waals surface area contributed by atoms with Crippen molar-refractivity contribution in [3.05, 3.63) is 23.8 Å². The SMILES string of the molecule is COc1cc(CNC(=O)N2C[C@@H]3CCC[C@@]3(C(=O)O)C2)ccc1OCCO. The number of urea groups is 1. The van der Waals surface area contributed by atoms with Crippen LogP contribution in [0.3, 0.4) is 0 Å². The highest BCUT2D eigenvalue weighted by Gasteiger charge is 2.55. The summed E-state index contributed by atoms with van der Waals surface area (Å²) in [4.78, 5) is 25.9.